The Balaban J connectivity index is 2.37. The van der Waals surface area contributed by atoms with E-state index in [4.69, 9.17) is 5.11 Å². The monoisotopic (exact) mass is 220 g/mol. The number of carboxylic acid groups (broad SMARTS) is 1. The van der Waals surface area contributed by atoms with Crippen LogP contribution in [0.4, 0.5) is 9.80 Å². The van der Waals surface area contributed by atoms with Crippen LogP contribution in [0.3, 0.4) is 0 Å². The van der Waals surface area contributed by atoms with Crippen LogP contribution in [0.2, 0.25) is 0 Å². The van der Waals surface area contributed by atoms with Gasteiger partial charge in [0.15, 0.2) is 4.90 Å². The van der Waals surface area contributed by atoms with Gasteiger partial charge in [-0.15, -0.1) is 0 Å². The van der Waals surface area contributed by atoms with E-state index >= 15 is 0 Å². The molecule has 1 atom stereocenters. The lowest BCUT2D eigenvalue weighted by Crippen LogP contribution is -2.05. The molecule has 1 unspecified atom stereocenters. The molecular weight excluding hydrogens is 210 g/mol. The summed E-state index contributed by atoms with van der Waals surface area (Å²) in [4.78, 5) is 11.7. The number of carbonyl (C=O) groups is 1. The van der Waals surface area contributed by atoms with Gasteiger partial charge < -0.3 is 5.11 Å². The minimum Gasteiger partial charge on any atom is -0.465 e. The first-order valence-electron chi connectivity index (χ1n) is 4.44. The summed E-state index contributed by atoms with van der Waals surface area (Å²) < 4.78 is 0. The molecule has 1 heterocycles. The van der Waals surface area contributed by atoms with Gasteiger partial charge in [0.05, 0.1) is 0 Å². The van der Waals surface area contributed by atoms with E-state index in [0.29, 0.717) is 0 Å². The van der Waals surface area contributed by atoms with E-state index in [-0.39, 0.29) is 10.5 Å². The first-order valence-corrected chi connectivity index (χ1v) is 5.73. The van der Waals surface area contributed by atoms with Crippen LogP contribution in [0, 0.1) is 0 Å². The van der Waals surface area contributed by atoms with Crippen LogP contribution in [0.1, 0.15) is 0 Å². The van der Waals surface area contributed by atoms with Gasteiger partial charge >= 0.3 is 6.09 Å². The highest BCUT2D eigenvalue weighted by atomic mass is 32.2. The molecule has 1 aromatic heterocycles. The van der Waals surface area contributed by atoms with Crippen LogP contribution in [-0.2, 0) is 0 Å². The van der Waals surface area contributed by atoms with Crippen molar-refractivity contribution >= 4 is 21.6 Å². The summed E-state index contributed by atoms with van der Waals surface area (Å²) in [7, 11) is -0.260. The fraction of sp³-hybridized carbons (Fsp3) is 0. The van der Waals surface area contributed by atoms with Crippen molar-refractivity contribution in [3.05, 3.63) is 47.8 Å². The largest absolute Gasteiger partial charge is 0.465 e. The van der Waals surface area contributed by atoms with Crippen LogP contribution in [0.15, 0.2) is 47.8 Å². The van der Waals surface area contributed by atoms with Crippen molar-refractivity contribution in [2.75, 3.05) is 5.32 Å². The van der Waals surface area contributed by atoms with E-state index in [0.717, 1.165) is 9.90 Å². The summed E-state index contributed by atoms with van der Waals surface area (Å²) in [6, 6.07) is 13.5. The number of nitrogens with one attached hydrogen (secondary N) is 1. The second-order valence-corrected chi connectivity index (χ2v) is 4.80. The molecule has 2 aromatic rings. The summed E-state index contributed by atoms with van der Waals surface area (Å²) in [6.07, 6.45) is -1.02. The Hall–Kier alpha value is -1.81. The number of amides is 1. The molecule has 1 amide bonds. The van der Waals surface area contributed by atoms with Crippen LogP contribution < -0.4 is 5.32 Å². The van der Waals surface area contributed by atoms with Crippen molar-refractivity contribution in [3.63, 3.8) is 0 Å². The van der Waals surface area contributed by atoms with Crippen molar-refractivity contribution in [1.29, 1.82) is 0 Å². The van der Waals surface area contributed by atoms with Gasteiger partial charge in [0.2, 0.25) is 0 Å². The zero-order valence-electron chi connectivity index (χ0n) is 7.88. The van der Waals surface area contributed by atoms with Gasteiger partial charge in [-0.1, -0.05) is 18.2 Å². The maximum absolute atomic E-state index is 10.6. The highest BCUT2D eigenvalue weighted by molar-refractivity contribution is 7.41. The highest BCUT2D eigenvalue weighted by Crippen LogP contribution is 2.38. The smallest absolute Gasteiger partial charge is 0.412 e. The topological polar surface area (TPSA) is 49.3 Å². The van der Waals surface area contributed by atoms with Crippen molar-refractivity contribution in [3.8, 4) is 4.90 Å². The lowest BCUT2D eigenvalue weighted by atomic mass is 10.4. The Morgan fingerprint density at radius 3 is 2.53 bits per heavy atom. The molecule has 0 bridgehead atoms. The first kappa shape index (κ1) is 9.73. The normalized spacial score (nSPS) is 11.1. The highest BCUT2D eigenvalue weighted by Gasteiger charge is 2.17. The van der Waals surface area contributed by atoms with Gasteiger partial charge in [-0.25, -0.2) is 10.1 Å². The predicted molar refractivity (Wildman–Crippen MR) is 61.9 cm³/mol. The van der Waals surface area contributed by atoms with Gasteiger partial charge in [-0.05, 0) is 18.2 Å². The zero-order valence-corrected chi connectivity index (χ0v) is 8.70. The number of hydrogen-bond donors (Lipinski definition) is 2. The molecule has 0 saturated heterocycles. The fourth-order valence-electron chi connectivity index (χ4n) is 1.33. The number of thiophene rings is 1. The summed E-state index contributed by atoms with van der Waals surface area (Å²) in [5, 5.41) is 13.8. The van der Waals surface area contributed by atoms with Gasteiger partial charge in [0, 0.05) is 16.5 Å². The number of hydrogen-bond acceptors (Lipinski definition) is 1. The van der Waals surface area contributed by atoms with Gasteiger partial charge in [-0.2, -0.15) is 0 Å². The summed E-state index contributed by atoms with van der Waals surface area (Å²) in [6.45, 7) is 0. The molecule has 0 fully saturated rings. The Morgan fingerprint density at radius 1 is 1.13 bits per heavy atom. The Kier molecular flexibility index (Phi) is 2.69. The lowest BCUT2D eigenvalue weighted by molar-refractivity contribution is 0.210. The predicted octanol–water partition coefficient (Wildman–Crippen LogP) is 3.51. The second-order valence-electron chi connectivity index (χ2n) is 2.94. The van der Waals surface area contributed by atoms with Crippen molar-refractivity contribution in [2.45, 2.75) is 0 Å². The van der Waals surface area contributed by atoms with E-state index in [1.165, 1.54) is 0 Å². The van der Waals surface area contributed by atoms with E-state index in [2.05, 4.69) is 5.32 Å². The molecule has 2 rings (SSSR count). The van der Waals surface area contributed by atoms with E-state index in [1.807, 2.05) is 41.8 Å². The molecule has 3 nitrogen and oxygen atoms in total. The second kappa shape index (κ2) is 4.14. The first-order chi connectivity index (χ1) is 7.27. The molecule has 1 aromatic carbocycles. The molecule has 0 aliphatic rings. The van der Waals surface area contributed by atoms with Gasteiger partial charge in [-0.3, -0.25) is 0 Å². The molecule has 2 N–H and O–H groups in total. The molecule has 0 saturated carbocycles. The van der Waals surface area contributed by atoms with Gasteiger partial charge in [0.1, 0.15) is 5.38 Å². The summed E-state index contributed by atoms with van der Waals surface area (Å²) in [5.74, 6) is 0. The molecule has 0 aliphatic heterocycles. The van der Waals surface area contributed by atoms with Crippen LogP contribution >= 0.6 is 10.5 Å². The maximum atomic E-state index is 10.6. The third-order valence-corrected chi connectivity index (χ3v) is 3.85. The number of anilines is 1. The van der Waals surface area contributed by atoms with E-state index < -0.39 is 6.09 Å². The van der Waals surface area contributed by atoms with Gasteiger partial charge in [0.25, 0.3) is 5.00 Å². The SMILES string of the molecule is O=C(O)Nc1ccc[s+]1-c1ccccc1. The van der Waals surface area contributed by atoms with Crippen LogP contribution in [-0.4, -0.2) is 11.2 Å². The molecular formula is C11H10NO2S+. The summed E-state index contributed by atoms with van der Waals surface area (Å²) >= 11 is 0. The van der Waals surface area contributed by atoms with Crippen molar-refractivity contribution in [2.24, 2.45) is 0 Å². The van der Waals surface area contributed by atoms with Crippen molar-refractivity contribution in [1.82, 2.24) is 0 Å². The maximum Gasteiger partial charge on any atom is 0.412 e. The molecule has 4 heteroatoms. The van der Waals surface area contributed by atoms with Crippen molar-refractivity contribution < 1.29 is 9.90 Å². The molecule has 76 valence electrons. The van der Waals surface area contributed by atoms with E-state index in [9.17, 15) is 4.79 Å². The van der Waals surface area contributed by atoms with Crippen LogP contribution in [0.5, 0.6) is 0 Å². The third kappa shape index (κ3) is 2.16. The van der Waals surface area contributed by atoms with E-state index in [1.54, 1.807) is 6.07 Å². The Morgan fingerprint density at radius 2 is 1.87 bits per heavy atom. The zero-order chi connectivity index (χ0) is 10.7. The quantitative estimate of drug-likeness (QED) is 0.761. The molecule has 0 spiro atoms. The summed E-state index contributed by atoms with van der Waals surface area (Å²) in [5.41, 5.74) is 0. The Labute approximate surface area is 90.0 Å². The standard InChI is InChI=1S/C11H9NO2S/c13-11(14)12-10-7-4-8-15(10)9-5-2-1-3-6-9/h1-8,12H/p+1. The average Bonchev–Trinajstić information content (AvgIpc) is 2.66. The Bertz CT molecular complexity index is 464. The average molecular weight is 220 g/mol. The minimum absolute atomic E-state index is 0.260. The molecule has 15 heavy (non-hydrogen) atoms. The fourth-order valence-corrected chi connectivity index (χ4v) is 2.99. The van der Waals surface area contributed by atoms with Crippen LogP contribution in [0.25, 0.3) is 4.90 Å². The lowest BCUT2D eigenvalue weighted by Gasteiger charge is -1.94. The third-order valence-electron chi connectivity index (χ3n) is 1.93. The number of rotatable bonds is 2. The molecule has 0 aliphatic carbocycles. The number of benzene rings is 1. The minimum atomic E-state index is -1.02. The molecule has 0 radical (unpaired) electrons.